The van der Waals surface area contributed by atoms with Crippen LogP contribution in [0.25, 0.3) is 0 Å². The van der Waals surface area contributed by atoms with Gasteiger partial charge in [-0.2, -0.15) is 0 Å². The van der Waals surface area contributed by atoms with Crippen LogP contribution >= 0.6 is 11.6 Å². The molecular formula is C14H22ClNO3. The first-order valence-electron chi connectivity index (χ1n) is 6.58. The van der Waals surface area contributed by atoms with Crippen LogP contribution in [0.5, 0.6) is 5.75 Å². The molecule has 5 heteroatoms. The Morgan fingerprint density at radius 1 is 1.26 bits per heavy atom. The summed E-state index contributed by atoms with van der Waals surface area (Å²) in [6.45, 7) is 5.17. The molecule has 0 fully saturated rings. The summed E-state index contributed by atoms with van der Waals surface area (Å²) >= 11 is 6.15. The van der Waals surface area contributed by atoms with Gasteiger partial charge >= 0.3 is 0 Å². The Hall–Kier alpha value is -0.810. The number of aliphatic hydroxyl groups excluding tert-OH is 1. The van der Waals surface area contributed by atoms with Crippen molar-refractivity contribution in [2.75, 3.05) is 33.0 Å². The molecule has 0 saturated heterocycles. The Kier molecular flexibility index (Phi) is 8.58. The van der Waals surface area contributed by atoms with E-state index < -0.39 is 0 Å². The Balaban J connectivity index is 2.34. The molecule has 108 valence electrons. The molecule has 0 bridgehead atoms. The molecule has 0 aliphatic rings. The molecule has 1 rings (SSSR count). The van der Waals surface area contributed by atoms with Gasteiger partial charge in [0.1, 0.15) is 12.4 Å². The minimum Gasteiger partial charge on any atom is -0.490 e. The highest BCUT2D eigenvalue weighted by molar-refractivity contribution is 6.32. The third-order valence-corrected chi connectivity index (χ3v) is 2.77. The predicted molar refractivity (Wildman–Crippen MR) is 76.8 cm³/mol. The number of aliphatic hydroxyl groups is 1. The van der Waals surface area contributed by atoms with Gasteiger partial charge in [-0.25, -0.2) is 0 Å². The summed E-state index contributed by atoms with van der Waals surface area (Å²) in [5, 5.41) is 12.5. The standard InChI is InChI=1S/C14H22ClNO3/c1-2-5-16-11-12-3-4-14(13(15)10-12)19-9-8-18-7-6-17/h3-4,10,16-17H,2,5-9,11H2,1H3. The maximum atomic E-state index is 8.55. The number of ether oxygens (including phenoxy) is 2. The minimum atomic E-state index is 0.0280. The lowest BCUT2D eigenvalue weighted by Crippen LogP contribution is -2.13. The van der Waals surface area contributed by atoms with E-state index in [9.17, 15) is 0 Å². The van der Waals surface area contributed by atoms with Gasteiger partial charge in [0.05, 0.1) is 24.8 Å². The molecule has 0 aromatic heterocycles. The molecule has 0 heterocycles. The third kappa shape index (κ3) is 6.78. The zero-order chi connectivity index (χ0) is 13.9. The summed E-state index contributed by atoms with van der Waals surface area (Å²) in [5.74, 6) is 0.661. The van der Waals surface area contributed by atoms with Gasteiger partial charge in [-0.15, -0.1) is 0 Å². The molecule has 0 aliphatic carbocycles. The normalized spacial score (nSPS) is 10.7. The van der Waals surface area contributed by atoms with Gasteiger partial charge in [-0.1, -0.05) is 24.6 Å². The average Bonchev–Trinajstić information content (AvgIpc) is 2.41. The molecule has 2 N–H and O–H groups in total. The molecule has 0 saturated carbocycles. The Labute approximate surface area is 119 Å². The number of nitrogens with one attached hydrogen (secondary N) is 1. The van der Waals surface area contributed by atoms with Crippen molar-refractivity contribution < 1.29 is 14.6 Å². The quantitative estimate of drug-likeness (QED) is 0.648. The van der Waals surface area contributed by atoms with E-state index in [1.165, 1.54) is 0 Å². The van der Waals surface area contributed by atoms with Crippen LogP contribution in [0.1, 0.15) is 18.9 Å². The molecule has 0 spiro atoms. The molecular weight excluding hydrogens is 266 g/mol. The van der Waals surface area contributed by atoms with Gasteiger partial charge in [0.2, 0.25) is 0 Å². The summed E-state index contributed by atoms with van der Waals surface area (Å²) < 4.78 is 10.6. The van der Waals surface area contributed by atoms with E-state index in [1.807, 2.05) is 18.2 Å². The van der Waals surface area contributed by atoms with Crippen molar-refractivity contribution in [1.29, 1.82) is 0 Å². The first-order valence-corrected chi connectivity index (χ1v) is 6.96. The third-order valence-electron chi connectivity index (χ3n) is 2.47. The van der Waals surface area contributed by atoms with Gasteiger partial charge in [0.15, 0.2) is 0 Å². The van der Waals surface area contributed by atoms with Gasteiger partial charge in [0, 0.05) is 6.54 Å². The fourth-order valence-electron chi connectivity index (χ4n) is 1.56. The van der Waals surface area contributed by atoms with Crippen molar-refractivity contribution in [3.05, 3.63) is 28.8 Å². The zero-order valence-corrected chi connectivity index (χ0v) is 12.1. The second-order valence-corrected chi connectivity index (χ2v) is 4.53. The number of rotatable bonds is 10. The van der Waals surface area contributed by atoms with E-state index in [2.05, 4.69) is 12.2 Å². The first-order chi connectivity index (χ1) is 9.27. The van der Waals surface area contributed by atoms with E-state index in [4.69, 9.17) is 26.2 Å². The van der Waals surface area contributed by atoms with Gasteiger partial charge in [-0.3, -0.25) is 0 Å². The van der Waals surface area contributed by atoms with Crippen LogP contribution in [-0.2, 0) is 11.3 Å². The lowest BCUT2D eigenvalue weighted by atomic mass is 10.2. The fraction of sp³-hybridized carbons (Fsp3) is 0.571. The van der Waals surface area contributed by atoms with E-state index in [-0.39, 0.29) is 6.61 Å². The van der Waals surface area contributed by atoms with Crippen LogP contribution in [0.2, 0.25) is 5.02 Å². The fourth-order valence-corrected chi connectivity index (χ4v) is 1.82. The molecule has 4 nitrogen and oxygen atoms in total. The largest absolute Gasteiger partial charge is 0.490 e. The average molecular weight is 288 g/mol. The molecule has 0 atom stereocenters. The Morgan fingerprint density at radius 3 is 2.79 bits per heavy atom. The molecule has 0 aliphatic heterocycles. The van der Waals surface area contributed by atoms with E-state index in [1.54, 1.807) is 0 Å². The highest BCUT2D eigenvalue weighted by Crippen LogP contribution is 2.25. The highest BCUT2D eigenvalue weighted by Gasteiger charge is 2.03. The van der Waals surface area contributed by atoms with Crippen LogP contribution in [0.3, 0.4) is 0 Å². The van der Waals surface area contributed by atoms with Crippen LogP contribution in [0.4, 0.5) is 0 Å². The number of hydrogen-bond acceptors (Lipinski definition) is 4. The van der Waals surface area contributed by atoms with E-state index >= 15 is 0 Å². The van der Waals surface area contributed by atoms with Crippen LogP contribution < -0.4 is 10.1 Å². The Morgan fingerprint density at radius 2 is 2.11 bits per heavy atom. The number of benzene rings is 1. The summed E-state index contributed by atoms with van der Waals surface area (Å²) in [7, 11) is 0. The van der Waals surface area contributed by atoms with E-state index in [0.717, 1.165) is 25.1 Å². The second-order valence-electron chi connectivity index (χ2n) is 4.13. The molecule has 19 heavy (non-hydrogen) atoms. The lowest BCUT2D eigenvalue weighted by molar-refractivity contribution is 0.0705. The minimum absolute atomic E-state index is 0.0280. The first kappa shape index (κ1) is 16.2. The summed E-state index contributed by atoms with van der Waals surface area (Å²) in [6, 6.07) is 5.78. The van der Waals surface area contributed by atoms with Crippen molar-refractivity contribution in [3.8, 4) is 5.75 Å². The molecule has 0 radical (unpaired) electrons. The van der Waals surface area contributed by atoms with Crippen molar-refractivity contribution in [3.63, 3.8) is 0 Å². The number of hydrogen-bond donors (Lipinski definition) is 2. The molecule has 1 aromatic rings. The second kappa shape index (κ2) is 10.0. The maximum absolute atomic E-state index is 8.55. The number of halogens is 1. The van der Waals surface area contributed by atoms with Crippen molar-refractivity contribution in [1.82, 2.24) is 5.32 Å². The van der Waals surface area contributed by atoms with Gasteiger partial charge in [0.25, 0.3) is 0 Å². The van der Waals surface area contributed by atoms with Gasteiger partial charge < -0.3 is 19.9 Å². The zero-order valence-electron chi connectivity index (χ0n) is 11.3. The van der Waals surface area contributed by atoms with Gasteiger partial charge in [-0.05, 0) is 30.7 Å². The summed E-state index contributed by atoms with van der Waals surface area (Å²) in [4.78, 5) is 0. The topological polar surface area (TPSA) is 50.7 Å². The highest BCUT2D eigenvalue weighted by atomic mass is 35.5. The summed E-state index contributed by atoms with van der Waals surface area (Å²) in [6.07, 6.45) is 1.11. The lowest BCUT2D eigenvalue weighted by Gasteiger charge is -2.10. The molecule has 1 aromatic carbocycles. The van der Waals surface area contributed by atoms with Crippen molar-refractivity contribution in [2.24, 2.45) is 0 Å². The molecule has 0 amide bonds. The van der Waals surface area contributed by atoms with Crippen LogP contribution in [-0.4, -0.2) is 38.1 Å². The predicted octanol–water partition coefficient (Wildman–Crippen LogP) is 2.23. The Bertz CT molecular complexity index is 361. The monoisotopic (exact) mass is 287 g/mol. The van der Waals surface area contributed by atoms with Crippen LogP contribution in [0.15, 0.2) is 18.2 Å². The van der Waals surface area contributed by atoms with Crippen molar-refractivity contribution >= 4 is 11.6 Å². The summed E-state index contributed by atoms with van der Waals surface area (Å²) in [5.41, 5.74) is 1.14. The van der Waals surface area contributed by atoms with Crippen molar-refractivity contribution in [2.45, 2.75) is 19.9 Å². The smallest absolute Gasteiger partial charge is 0.138 e. The SMILES string of the molecule is CCCNCc1ccc(OCCOCCO)c(Cl)c1. The maximum Gasteiger partial charge on any atom is 0.138 e. The molecule has 0 unspecified atom stereocenters. The van der Waals surface area contributed by atoms with Crippen LogP contribution in [0, 0.1) is 0 Å². The van der Waals surface area contributed by atoms with E-state index in [0.29, 0.717) is 30.6 Å².